The first kappa shape index (κ1) is 22.2. The van der Waals surface area contributed by atoms with E-state index in [1.165, 1.54) is 12.5 Å². The Balaban J connectivity index is 1.63. The largest absolute Gasteiger partial charge is 0.444 e. The van der Waals surface area contributed by atoms with Gasteiger partial charge in [-0.2, -0.15) is 13.2 Å². The molecule has 1 N–H and O–H groups in total. The molecule has 3 heterocycles. The van der Waals surface area contributed by atoms with Crippen LogP contribution in [0.3, 0.4) is 0 Å². The third kappa shape index (κ3) is 5.08. The molecule has 0 radical (unpaired) electrons. The highest BCUT2D eigenvalue weighted by molar-refractivity contribution is 5.97. The van der Waals surface area contributed by atoms with E-state index in [1.807, 2.05) is 25.1 Å². The van der Waals surface area contributed by atoms with Crippen LogP contribution < -0.4 is 5.32 Å². The van der Waals surface area contributed by atoms with Crippen molar-refractivity contribution >= 4 is 5.91 Å². The second-order valence-electron chi connectivity index (χ2n) is 7.56. The van der Waals surface area contributed by atoms with Gasteiger partial charge in [-0.3, -0.25) is 14.8 Å². The van der Waals surface area contributed by atoms with E-state index in [0.717, 1.165) is 17.8 Å². The van der Waals surface area contributed by atoms with Crippen molar-refractivity contribution in [3.63, 3.8) is 0 Å². The summed E-state index contributed by atoms with van der Waals surface area (Å²) < 4.78 is 43.7. The van der Waals surface area contributed by atoms with Gasteiger partial charge in [0.2, 0.25) is 0 Å². The number of benzene rings is 1. The molecule has 0 aliphatic rings. The molecule has 4 aromatic rings. The van der Waals surface area contributed by atoms with Gasteiger partial charge in [0.15, 0.2) is 12.2 Å². The number of aromatic nitrogens is 3. The van der Waals surface area contributed by atoms with Crippen LogP contribution in [-0.4, -0.2) is 20.9 Å². The van der Waals surface area contributed by atoms with Gasteiger partial charge in [-0.15, -0.1) is 0 Å². The molecule has 0 unspecified atom stereocenters. The van der Waals surface area contributed by atoms with Crippen molar-refractivity contribution < 1.29 is 22.4 Å². The monoisotopic (exact) mass is 452 g/mol. The SMILES string of the molecule is Cc1ccc(-c2cc(C(=O)N[C@H](C)c3ccc(C(F)(F)F)nc3)cc(-c3cnco3)c2)nc1. The van der Waals surface area contributed by atoms with Crippen molar-refractivity contribution in [2.45, 2.75) is 26.1 Å². The van der Waals surface area contributed by atoms with Crippen LogP contribution in [0.4, 0.5) is 13.2 Å². The van der Waals surface area contributed by atoms with Gasteiger partial charge in [0.1, 0.15) is 5.69 Å². The molecule has 6 nitrogen and oxygen atoms in total. The lowest BCUT2D eigenvalue weighted by Crippen LogP contribution is -2.27. The van der Waals surface area contributed by atoms with Gasteiger partial charge >= 0.3 is 6.18 Å². The molecule has 4 rings (SSSR count). The Morgan fingerprint density at radius 1 is 1.00 bits per heavy atom. The van der Waals surface area contributed by atoms with Crippen LogP contribution in [0.2, 0.25) is 0 Å². The standard InChI is InChI=1S/C24H19F3N4O2/c1-14-3-5-20(29-10-14)17-7-18(21-12-28-13-33-21)9-19(8-17)23(32)31-15(2)16-4-6-22(30-11-16)24(25,26)27/h3-13,15H,1-2H3,(H,31,32)/t15-/m1/s1. The zero-order valence-electron chi connectivity index (χ0n) is 17.7. The maximum atomic E-state index is 13.0. The van der Waals surface area contributed by atoms with Crippen molar-refractivity contribution in [1.29, 1.82) is 0 Å². The van der Waals surface area contributed by atoms with Crippen molar-refractivity contribution in [1.82, 2.24) is 20.3 Å². The summed E-state index contributed by atoms with van der Waals surface area (Å²) in [6.07, 6.45) is 1.16. The topological polar surface area (TPSA) is 80.9 Å². The molecule has 0 aliphatic carbocycles. The molecule has 0 aliphatic heterocycles. The van der Waals surface area contributed by atoms with Gasteiger partial charge in [-0.25, -0.2) is 4.98 Å². The maximum Gasteiger partial charge on any atom is 0.433 e. The van der Waals surface area contributed by atoms with Crippen LogP contribution in [0.25, 0.3) is 22.6 Å². The fourth-order valence-corrected chi connectivity index (χ4v) is 3.24. The fourth-order valence-electron chi connectivity index (χ4n) is 3.24. The summed E-state index contributed by atoms with van der Waals surface area (Å²) in [5, 5.41) is 2.80. The van der Waals surface area contributed by atoms with E-state index in [-0.39, 0.29) is 0 Å². The second kappa shape index (κ2) is 8.85. The highest BCUT2D eigenvalue weighted by Crippen LogP contribution is 2.29. The molecule has 0 saturated carbocycles. The molecule has 0 spiro atoms. The van der Waals surface area contributed by atoms with Crippen molar-refractivity contribution in [3.05, 3.63) is 89.8 Å². The number of rotatable bonds is 5. The van der Waals surface area contributed by atoms with E-state index in [0.29, 0.717) is 33.7 Å². The van der Waals surface area contributed by atoms with E-state index in [1.54, 1.807) is 31.5 Å². The number of amides is 1. The number of carbonyl (C=O) groups is 1. The van der Waals surface area contributed by atoms with E-state index in [9.17, 15) is 18.0 Å². The van der Waals surface area contributed by atoms with Crippen molar-refractivity contribution in [2.24, 2.45) is 0 Å². The van der Waals surface area contributed by atoms with Crippen LogP contribution >= 0.6 is 0 Å². The molecule has 1 aromatic carbocycles. The smallest absolute Gasteiger partial charge is 0.433 e. The highest BCUT2D eigenvalue weighted by atomic mass is 19.4. The lowest BCUT2D eigenvalue weighted by Gasteiger charge is -2.16. The molecule has 1 amide bonds. The number of nitrogens with one attached hydrogen (secondary N) is 1. The Bertz CT molecular complexity index is 1250. The van der Waals surface area contributed by atoms with Crippen LogP contribution in [0, 0.1) is 6.92 Å². The molecule has 3 aromatic heterocycles. The molecular weight excluding hydrogens is 433 g/mol. The number of oxazole rings is 1. The number of alkyl halides is 3. The lowest BCUT2D eigenvalue weighted by molar-refractivity contribution is -0.141. The number of nitrogens with zero attached hydrogens (tertiary/aromatic N) is 3. The van der Waals surface area contributed by atoms with Crippen LogP contribution in [0.5, 0.6) is 0 Å². The quantitative estimate of drug-likeness (QED) is 0.425. The van der Waals surface area contributed by atoms with Gasteiger partial charge in [0, 0.05) is 29.1 Å². The van der Waals surface area contributed by atoms with Crippen LogP contribution in [0.1, 0.15) is 40.1 Å². The summed E-state index contributed by atoms with van der Waals surface area (Å²) in [6, 6.07) is 10.6. The number of aryl methyl sites for hydroxylation is 1. The number of pyridine rings is 2. The minimum absolute atomic E-state index is 0.341. The predicted molar refractivity (Wildman–Crippen MR) is 115 cm³/mol. The third-order valence-corrected chi connectivity index (χ3v) is 5.04. The summed E-state index contributed by atoms with van der Waals surface area (Å²) in [4.78, 5) is 24.9. The Morgan fingerprint density at radius 3 is 2.39 bits per heavy atom. The Labute approximate surface area is 187 Å². The molecule has 0 saturated heterocycles. The Morgan fingerprint density at radius 2 is 1.79 bits per heavy atom. The number of hydrogen-bond acceptors (Lipinski definition) is 5. The molecule has 9 heteroatoms. The molecule has 1 atom stereocenters. The van der Waals surface area contributed by atoms with Gasteiger partial charge in [0.25, 0.3) is 5.91 Å². The van der Waals surface area contributed by atoms with Crippen molar-refractivity contribution in [3.8, 4) is 22.6 Å². The van der Waals surface area contributed by atoms with E-state index < -0.39 is 23.8 Å². The zero-order chi connectivity index (χ0) is 23.6. The summed E-state index contributed by atoms with van der Waals surface area (Å²) in [5.74, 6) is 0.0788. The third-order valence-electron chi connectivity index (χ3n) is 5.04. The van der Waals surface area contributed by atoms with Crippen LogP contribution in [0.15, 0.2) is 71.9 Å². The predicted octanol–water partition coefficient (Wildman–Crippen LogP) is 5.62. The zero-order valence-corrected chi connectivity index (χ0v) is 17.7. The van der Waals surface area contributed by atoms with E-state index in [4.69, 9.17) is 4.42 Å². The molecule has 168 valence electrons. The normalized spacial score (nSPS) is 12.4. The minimum atomic E-state index is -4.52. The summed E-state index contributed by atoms with van der Waals surface area (Å²) in [6.45, 7) is 3.60. The number of halogens is 3. The maximum absolute atomic E-state index is 13.0. The average Bonchev–Trinajstić information content (AvgIpc) is 3.34. The Kier molecular flexibility index (Phi) is 5.95. The van der Waals surface area contributed by atoms with E-state index in [2.05, 4.69) is 20.3 Å². The average molecular weight is 452 g/mol. The summed E-state index contributed by atoms with van der Waals surface area (Å²) in [7, 11) is 0. The first-order valence-electron chi connectivity index (χ1n) is 10.0. The fraction of sp³-hybridized carbons (Fsp3) is 0.167. The minimum Gasteiger partial charge on any atom is -0.444 e. The molecular formula is C24H19F3N4O2. The lowest BCUT2D eigenvalue weighted by atomic mass is 10.0. The van der Waals surface area contributed by atoms with Gasteiger partial charge in [-0.1, -0.05) is 12.1 Å². The summed E-state index contributed by atoms with van der Waals surface area (Å²) in [5.41, 5.74) is 2.83. The van der Waals surface area contributed by atoms with Gasteiger partial charge in [-0.05, 0) is 55.3 Å². The molecule has 0 bridgehead atoms. The van der Waals surface area contributed by atoms with Crippen LogP contribution in [-0.2, 0) is 6.18 Å². The summed E-state index contributed by atoms with van der Waals surface area (Å²) >= 11 is 0. The van der Waals surface area contributed by atoms with Gasteiger partial charge < -0.3 is 9.73 Å². The number of hydrogen-bond donors (Lipinski definition) is 1. The Hall–Kier alpha value is -4.01. The van der Waals surface area contributed by atoms with Gasteiger partial charge in [0.05, 0.1) is 17.9 Å². The first-order valence-corrected chi connectivity index (χ1v) is 10.0. The van der Waals surface area contributed by atoms with E-state index >= 15 is 0 Å². The highest BCUT2D eigenvalue weighted by Gasteiger charge is 2.32. The second-order valence-corrected chi connectivity index (χ2v) is 7.56. The molecule has 33 heavy (non-hydrogen) atoms. The first-order chi connectivity index (χ1) is 15.7. The molecule has 0 fully saturated rings. The van der Waals surface area contributed by atoms with Crippen molar-refractivity contribution in [2.75, 3.05) is 0 Å². The number of carbonyl (C=O) groups excluding carboxylic acids is 1.